The second-order valence-corrected chi connectivity index (χ2v) is 10.5. The molecule has 9 heteroatoms. The van der Waals surface area contributed by atoms with Gasteiger partial charge in [-0.1, -0.05) is 96.0 Å². The average molecular weight is 533 g/mol. The highest BCUT2D eigenvalue weighted by Crippen LogP contribution is 2.19. The monoisotopic (exact) mass is 532 g/mol. The molecule has 0 bridgehead atoms. The third-order valence-electron chi connectivity index (χ3n) is 6.58. The maximum atomic E-state index is 13.2. The molecule has 1 aromatic carbocycles. The first kappa shape index (κ1) is 33.1. The lowest BCUT2D eigenvalue weighted by atomic mass is 9.92. The molecule has 2 atom stereocenters. The molecular weight excluding hydrogens is 484 g/mol. The standard InChI is InChI=1S/C29H48N4O5/c1-4-5-6-7-8-9-10-14-17-33(21-26(34)32-38)27(35)20-24(18-22(2)3)29(37)31-25(28(30)36)19-23-15-12-11-13-16-23/h11-13,15-16,22,24-25,38H,4-10,14,17-21H2,1-3H3,(H2,30,36)(H,31,37)(H,32,34)/t24-,25+/m1/s1. The van der Waals surface area contributed by atoms with Crippen molar-refractivity contribution in [3.05, 3.63) is 35.9 Å². The van der Waals surface area contributed by atoms with Crippen LogP contribution in [0, 0.1) is 11.8 Å². The van der Waals surface area contributed by atoms with Gasteiger partial charge in [-0.2, -0.15) is 0 Å². The van der Waals surface area contributed by atoms with Gasteiger partial charge in [-0.15, -0.1) is 0 Å². The molecule has 0 aliphatic heterocycles. The molecule has 5 N–H and O–H groups in total. The summed E-state index contributed by atoms with van der Waals surface area (Å²) < 4.78 is 0. The van der Waals surface area contributed by atoms with Crippen LogP contribution in [-0.4, -0.2) is 52.9 Å². The number of carbonyl (C=O) groups excluding carboxylic acids is 4. The van der Waals surface area contributed by atoms with E-state index in [1.807, 2.05) is 44.2 Å². The van der Waals surface area contributed by atoms with E-state index in [9.17, 15) is 19.2 Å². The van der Waals surface area contributed by atoms with Crippen LogP contribution >= 0.6 is 0 Å². The van der Waals surface area contributed by atoms with Crippen LogP contribution in [0.1, 0.15) is 90.5 Å². The Morgan fingerprint density at radius 2 is 1.55 bits per heavy atom. The minimum Gasteiger partial charge on any atom is -0.368 e. The fourth-order valence-corrected chi connectivity index (χ4v) is 4.49. The van der Waals surface area contributed by atoms with Gasteiger partial charge in [0.25, 0.3) is 5.91 Å². The van der Waals surface area contributed by atoms with Crippen molar-refractivity contribution in [2.24, 2.45) is 17.6 Å². The Hall–Kier alpha value is -2.94. The van der Waals surface area contributed by atoms with E-state index in [1.165, 1.54) is 30.6 Å². The molecule has 38 heavy (non-hydrogen) atoms. The molecule has 0 aliphatic rings. The van der Waals surface area contributed by atoms with Crippen LogP contribution in [0.4, 0.5) is 0 Å². The summed E-state index contributed by atoms with van der Waals surface area (Å²) in [6, 6.07) is 8.36. The largest absolute Gasteiger partial charge is 0.368 e. The number of nitrogens with zero attached hydrogens (tertiary/aromatic N) is 1. The van der Waals surface area contributed by atoms with E-state index in [1.54, 1.807) is 5.48 Å². The van der Waals surface area contributed by atoms with E-state index < -0.39 is 29.7 Å². The number of primary amides is 1. The first-order chi connectivity index (χ1) is 18.2. The van der Waals surface area contributed by atoms with Crippen molar-refractivity contribution in [3.63, 3.8) is 0 Å². The van der Waals surface area contributed by atoms with Gasteiger partial charge in [-0.3, -0.25) is 24.4 Å². The first-order valence-corrected chi connectivity index (χ1v) is 14.0. The second-order valence-electron chi connectivity index (χ2n) is 10.5. The molecular formula is C29H48N4O5. The lowest BCUT2D eigenvalue weighted by Gasteiger charge is -2.26. The highest BCUT2D eigenvalue weighted by molar-refractivity contribution is 5.91. The Labute approximate surface area is 227 Å². The molecule has 9 nitrogen and oxygen atoms in total. The van der Waals surface area contributed by atoms with E-state index in [-0.39, 0.29) is 31.2 Å². The normalized spacial score (nSPS) is 12.6. The number of amides is 4. The fourth-order valence-electron chi connectivity index (χ4n) is 4.49. The molecule has 1 rings (SSSR count). The lowest BCUT2D eigenvalue weighted by Crippen LogP contribution is -2.49. The predicted molar refractivity (Wildman–Crippen MR) is 148 cm³/mol. The number of hydrogen-bond donors (Lipinski definition) is 4. The van der Waals surface area contributed by atoms with Crippen molar-refractivity contribution in [2.45, 2.75) is 97.4 Å². The van der Waals surface area contributed by atoms with E-state index in [0.29, 0.717) is 13.0 Å². The van der Waals surface area contributed by atoms with Crippen molar-refractivity contribution < 1.29 is 24.4 Å². The zero-order chi connectivity index (χ0) is 28.3. The number of benzene rings is 1. The molecule has 0 aromatic heterocycles. The smallest absolute Gasteiger partial charge is 0.262 e. The molecule has 0 fully saturated rings. The van der Waals surface area contributed by atoms with Crippen LogP contribution in [-0.2, 0) is 25.6 Å². The number of nitrogens with two attached hydrogens (primary N) is 1. The molecule has 0 saturated heterocycles. The summed E-state index contributed by atoms with van der Waals surface area (Å²) >= 11 is 0. The Morgan fingerprint density at radius 1 is 0.947 bits per heavy atom. The minimum absolute atomic E-state index is 0.101. The van der Waals surface area contributed by atoms with Gasteiger partial charge in [0.1, 0.15) is 12.6 Å². The molecule has 0 saturated carbocycles. The number of hydroxylamine groups is 1. The number of hydrogen-bond acceptors (Lipinski definition) is 5. The van der Waals surface area contributed by atoms with Crippen LogP contribution in [0.5, 0.6) is 0 Å². The Kier molecular flexibility index (Phi) is 16.7. The van der Waals surface area contributed by atoms with Crippen molar-refractivity contribution in [3.8, 4) is 0 Å². The van der Waals surface area contributed by atoms with Gasteiger partial charge in [-0.05, 0) is 24.3 Å². The van der Waals surface area contributed by atoms with Crippen molar-refractivity contribution >= 4 is 23.6 Å². The van der Waals surface area contributed by atoms with Gasteiger partial charge in [0.15, 0.2) is 0 Å². The highest BCUT2D eigenvalue weighted by atomic mass is 16.5. The molecule has 214 valence electrons. The number of unbranched alkanes of at least 4 members (excludes halogenated alkanes) is 7. The molecule has 1 aromatic rings. The van der Waals surface area contributed by atoms with Gasteiger partial charge in [0, 0.05) is 25.3 Å². The fraction of sp³-hybridized carbons (Fsp3) is 0.655. The third-order valence-corrected chi connectivity index (χ3v) is 6.58. The number of carbonyl (C=O) groups is 4. The van der Waals surface area contributed by atoms with Gasteiger partial charge < -0.3 is 16.0 Å². The van der Waals surface area contributed by atoms with E-state index in [0.717, 1.165) is 31.2 Å². The number of rotatable bonds is 20. The SMILES string of the molecule is CCCCCCCCCCN(CC(=O)NO)C(=O)C[C@@H](CC(C)C)C(=O)N[C@@H](Cc1ccccc1)C(N)=O. The molecule has 0 spiro atoms. The van der Waals surface area contributed by atoms with E-state index >= 15 is 0 Å². The van der Waals surface area contributed by atoms with Crippen LogP contribution in [0.25, 0.3) is 0 Å². The van der Waals surface area contributed by atoms with Crippen molar-refractivity contribution in [2.75, 3.05) is 13.1 Å². The molecule has 0 aliphatic carbocycles. The van der Waals surface area contributed by atoms with Crippen molar-refractivity contribution in [1.82, 2.24) is 15.7 Å². The van der Waals surface area contributed by atoms with Gasteiger partial charge in [0.2, 0.25) is 17.7 Å². The Morgan fingerprint density at radius 3 is 2.11 bits per heavy atom. The summed E-state index contributed by atoms with van der Waals surface area (Å²) in [6.07, 6.45) is 9.36. The van der Waals surface area contributed by atoms with Crippen LogP contribution in [0.15, 0.2) is 30.3 Å². The van der Waals surface area contributed by atoms with Crippen LogP contribution in [0.3, 0.4) is 0 Å². The zero-order valence-corrected chi connectivity index (χ0v) is 23.4. The van der Waals surface area contributed by atoms with Crippen LogP contribution < -0.4 is 16.5 Å². The second kappa shape index (κ2) is 19.2. The molecule has 0 unspecified atom stereocenters. The molecule has 0 radical (unpaired) electrons. The van der Waals surface area contributed by atoms with Crippen LogP contribution in [0.2, 0.25) is 0 Å². The topological polar surface area (TPSA) is 142 Å². The maximum Gasteiger partial charge on any atom is 0.262 e. The predicted octanol–water partition coefficient (Wildman–Crippen LogP) is 3.73. The molecule has 0 heterocycles. The summed E-state index contributed by atoms with van der Waals surface area (Å²) in [5, 5.41) is 11.7. The highest BCUT2D eigenvalue weighted by Gasteiger charge is 2.29. The van der Waals surface area contributed by atoms with Gasteiger partial charge >= 0.3 is 0 Å². The quantitative estimate of drug-likeness (QED) is 0.115. The summed E-state index contributed by atoms with van der Waals surface area (Å²) in [4.78, 5) is 51.8. The van der Waals surface area contributed by atoms with Gasteiger partial charge in [0.05, 0.1) is 0 Å². The van der Waals surface area contributed by atoms with Crippen molar-refractivity contribution in [1.29, 1.82) is 0 Å². The number of nitrogens with one attached hydrogen (secondary N) is 2. The molecule has 4 amide bonds. The summed E-state index contributed by atoms with van der Waals surface area (Å²) in [5.74, 6) is -2.63. The summed E-state index contributed by atoms with van der Waals surface area (Å²) in [5.41, 5.74) is 8.02. The summed E-state index contributed by atoms with van der Waals surface area (Å²) in [7, 11) is 0. The average Bonchev–Trinajstić information content (AvgIpc) is 2.88. The minimum atomic E-state index is -0.900. The summed E-state index contributed by atoms with van der Waals surface area (Å²) in [6.45, 7) is 6.19. The first-order valence-electron chi connectivity index (χ1n) is 14.0. The van der Waals surface area contributed by atoms with Gasteiger partial charge in [-0.25, -0.2) is 5.48 Å². The maximum absolute atomic E-state index is 13.2. The van der Waals surface area contributed by atoms with E-state index in [2.05, 4.69) is 12.2 Å². The third kappa shape index (κ3) is 14.1. The zero-order valence-electron chi connectivity index (χ0n) is 23.4. The Bertz CT molecular complexity index is 847. The van der Waals surface area contributed by atoms with E-state index in [4.69, 9.17) is 10.9 Å². The Balaban J connectivity index is 2.80. The lowest BCUT2D eigenvalue weighted by molar-refractivity contribution is -0.141.